The van der Waals surface area contributed by atoms with Crippen LogP contribution in [0.1, 0.15) is 20.3 Å². The van der Waals surface area contributed by atoms with E-state index < -0.39 is 6.10 Å². The first-order chi connectivity index (χ1) is 4.66. The van der Waals surface area contributed by atoms with Crippen LogP contribution in [0.5, 0.6) is 0 Å². The van der Waals surface area contributed by atoms with Crippen molar-refractivity contribution in [2.75, 3.05) is 0 Å². The van der Waals surface area contributed by atoms with Crippen LogP contribution in [0.25, 0.3) is 0 Å². The molecular formula is C7H12O3. The number of carbonyl (C=O) groups is 1. The SMILES string of the molecule is CCC(O)/C=C\OC(C)=O. The highest BCUT2D eigenvalue weighted by atomic mass is 16.5. The van der Waals surface area contributed by atoms with Crippen LogP contribution in [0, 0.1) is 0 Å². The summed E-state index contributed by atoms with van der Waals surface area (Å²) in [4.78, 5) is 10.2. The van der Waals surface area contributed by atoms with E-state index in [-0.39, 0.29) is 5.97 Å². The van der Waals surface area contributed by atoms with Crippen molar-refractivity contribution in [1.29, 1.82) is 0 Å². The minimum Gasteiger partial charge on any atom is -0.435 e. The van der Waals surface area contributed by atoms with Gasteiger partial charge in [0.1, 0.15) is 0 Å². The average Bonchev–Trinajstić information content (AvgIpc) is 1.87. The molecule has 0 bridgehead atoms. The monoisotopic (exact) mass is 144 g/mol. The van der Waals surface area contributed by atoms with Gasteiger partial charge in [-0.05, 0) is 12.5 Å². The average molecular weight is 144 g/mol. The maximum Gasteiger partial charge on any atom is 0.307 e. The molecule has 0 fully saturated rings. The van der Waals surface area contributed by atoms with Crippen molar-refractivity contribution in [3.63, 3.8) is 0 Å². The summed E-state index contributed by atoms with van der Waals surface area (Å²) in [5.74, 6) is -0.375. The molecule has 0 aromatic heterocycles. The van der Waals surface area contributed by atoms with Crippen LogP contribution < -0.4 is 0 Å². The Morgan fingerprint density at radius 1 is 1.80 bits per heavy atom. The number of esters is 1. The van der Waals surface area contributed by atoms with Crippen LogP contribution in [0.3, 0.4) is 0 Å². The van der Waals surface area contributed by atoms with E-state index in [0.29, 0.717) is 6.42 Å². The highest BCUT2D eigenvalue weighted by molar-refractivity contribution is 5.66. The van der Waals surface area contributed by atoms with Crippen molar-refractivity contribution in [2.24, 2.45) is 0 Å². The van der Waals surface area contributed by atoms with Gasteiger partial charge in [0, 0.05) is 6.92 Å². The van der Waals surface area contributed by atoms with Crippen LogP contribution >= 0.6 is 0 Å². The Labute approximate surface area is 60.3 Å². The molecule has 0 radical (unpaired) electrons. The van der Waals surface area contributed by atoms with Crippen molar-refractivity contribution >= 4 is 5.97 Å². The van der Waals surface area contributed by atoms with Crippen LogP contribution in [-0.4, -0.2) is 17.2 Å². The number of hydrogen-bond acceptors (Lipinski definition) is 3. The molecule has 0 saturated carbocycles. The summed E-state index contributed by atoms with van der Waals surface area (Å²) in [7, 11) is 0. The smallest absolute Gasteiger partial charge is 0.307 e. The molecular weight excluding hydrogens is 132 g/mol. The lowest BCUT2D eigenvalue weighted by Crippen LogP contribution is -1.99. The summed E-state index contributed by atoms with van der Waals surface area (Å²) in [6.45, 7) is 3.14. The van der Waals surface area contributed by atoms with Gasteiger partial charge in [-0.25, -0.2) is 0 Å². The number of aliphatic hydroxyl groups is 1. The normalized spacial score (nSPS) is 13.5. The van der Waals surface area contributed by atoms with Crippen molar-refractivity contribution in [2.45, 2.75) is 26.4 Å². The van der Waals surface area contributed by atoms with E-state index in [1.807, 2.05) is 6.92 Å². The minimum absolute atomic E-state index is 0.375. The predicted octanol–water partition coefficient (Wildman–Crippen LogP) is 0.834. The largest absolute Gasteiger partial charge is 0.435 e. The van der Waals surface area contributed by atoms with Gasteiger partial charge in [0.25, 0.3) is 0 Å². The van der Waals surface area contributed by atoms with E-state index >= 15 is 0 Å². The van der Waals surface area contributed by atoms with Crippen LogP contribution in [0.15, 0.2) is 12.3 Å². The molecule has 0 aromatic rings. The quantitative estimate of drug-likeness (QED) is 0.471. The molecule has 0 heterocycles. The summed E-state index contributed by atoms with van der Waals surface area (Å²) in [6, 6.07) is 0. The lowest BCUT2D eigenvalue weighted by molar-refractivity contribution is -0.135. The fraction of sp³-hybridized carbons (Fsp3) is 0.571. The van der Waals surface area contributed by atoms with Gasteiger partial charge in [0.15, 0.2) is 0 Å². The summed E-state index contributed by atoms with van der Waals surface area (Å²) in [5.41, 5.74) is 0. The number of carbonyl (C=O) groups excluding carboxylic acids is 1. The highest BCUT2D eigenvalue weighted by Gasteiger charge is 1.92. The standard InChI is InChI=1S/C7H12O3/c1-3-7(9)4-5-10-6(2)8/h4-5,7,9H,3H2,1-2H3/b5-4-. The zero-order valence-electron chi connectivity index (χ0n) is 6.20. The Kier molecular flexibility index (Phi) is 4.58. The van der Waals surface area contributed by atoms with Gasteiger partial charge in [-0.3, -0.25) is 4.79 Å². The lowest BCUT2D eigenvalue weighted by Gasteiger charge is -1.97. The molecule has 0 aromatic carbocycles. The molecule has 0 aliphatic heterocycles. The Bertz CT molecular complexity index is 129. The molecule has 1 atom stereocenters. The third-order valence-electron chi connectivity index (χ3n) is 0.953. The first-order valence-electron chi connectivity index (χ1n) is 3.18. The Hall–Kier alpha value is -0.830. The van der Waals surface area contributed by atoms with Gasteiger partial charge in [0.05, 0.1) is 12.4 Å². The van der Waals surface area contributed by atoms with Crippen LogP contribution in [0.4, 0.5) is 0 Å². The summed E-state index contributed by atoms with van der Waals surface area (Å²) >= 11 is 0. The highest BCUT2D eigenvalue weighted by Crippen LogP contribution is 1.91. The Morgan fingerprint density at radius 3 is 2.80 bits per heavy atom. The molecule has 1 N–H and O–H groups in total. The maximum absolute atomic E-state index is 10.2. The van der Waals surface area contributed by atoms with E-state index in [9.17, 15) is 4.79 Å². The van der Waals surface area contributed by atoms with Gasteiger partial charge in [0.2, 0.25) is 0 Å². The molecule has 3 nitrogen and oxygen atoms in total. The van der Waals surface area contributed by atoms with Crippen LogP contribution in [-0.2, 0) is 9.53 Å². The van der Waals surface area contributed by atoms with E-state index in [1.165, 1.54) is 19.3 Å². The molecule has 0 aliphatic carbocycles. The van der Waals surface area contributed by atoms with Crippen molar-refractivity contribution < 1.29 is 14.6 Å². The molecule has 0 spiro atoms. The van der Waals surface area contributed by atoms with Gasteiger partial charge in [-0.1, -0.05) is 6.92 Å². The second kappa shape index (κ2) is 4.99. The molecule has 3 heteroatoms. The van der Waals surface area contributed by atoms with E-state index in [2.05, 4.69) is 4.74 Å². The molecule has 0 aliphatic rings. The maximum atomic E-state index is 10.2. The topological polar surface area (TPSA) is 46.5 Å². The van der Waals surface area contributed by atoms with E-state index in [1.54, 1.807) is 0 Å². The van der Waals surface area contributed by atoms with Gasteiger partial charge in [-0.15, -0.1) is 0 Å². The minimum atomic E-state index is -0.514. The molecule has 1 unspecified atom stereocenters. The third kappa shape index (κ3) is 5.31. The molecule has 0 amide bonds. The first-order valence-corrected chi connectivity index (χ1v) is 3.18. The zero-order chi connectivity index (χ0) is 7.98. The van der Waals surface area contributed by atoms with Gasteiger partial charge >= 0.3 is 5.97 Å². The lowest BCUT2D eigenvalue weighted by atomic mass is 10.3. The Balaban J connectivity index is 3.45. The van der Waals surface area contributed by atoms with Crippen molar-refractivity contribution in [3.8, 4) is 0 Å². The van der Waals surface area contributed by atoms with Crippen molar-refractivity contribution in [1.82, 2.24) is 0 Å². The van der Waals surface area contributed by atoms with Gasteiger partial charge < -0.3 is 9.84 Å². The number of hydrogen-bond donors (Lipinski definition) is 1. The summed E-state index contributed by atoms with van der Waals surface area (Å²) in [5, 5.41) is 8.89. The fourth-order valence-corrected chi connectivity index (χ4v) is 0.362. The number of aliphatic hydroxyl groups excluding tert-OH is 1. The Morgan fingerprint density at radius 2 is 2.40 bits per heavy atom. The second-order valence-corrected chi connectivity index (χ2v) is 1.91. The van der Waals surface area contributed by atoms with Gasteiger partial charge in [-0.2, -0.15) is 0 Å². The molecule has 58 valence electrons. The predicted molar refractivity (Wildman–Crippen MR) is 37.2 cm³/mol. The molecule has 10 heavy (non-hydrogen) atoms. The summed E-state index contributed by atoms with van der Waals surface area (Å²) < 4.78 is 4.43. The third-order valence-corrected chi connectivity index (χ3v) is 0.953. The fourth-order valence-electron chi connectivity index (χ4n) is 0.362. The van der Waals surface area contributed by atoms with E-state index in [0.717, 1.165) is 0 Å². The second-order valence-electron chi connectivity index (χ2n) is 1.91. The number of rotatable bonds is 3. The molecule has 0 rings (SSSR count). The first kappa shape index (κ1) is 9.17. The van der Waals surface area contributed by atoms with E-state index in [4.69, 9.17) is 5.11 Å². The zero-order valence-corrected chi connectivity index (χ0v) is 6.20. The van der Waals surface area contributed by atoms with Crippen molar-refractivity contribution in [3.05, 3.63) is 12.3 Å². The van der Waals surface area contributed by atoms with Crippen LogP contribution in [0.2, 0.25) is 0 Å². The molecule has 0 saturated heterocycles. The number of ether oxygens (including phenoxy) is 1. The summed E-state index contributed by atoms with van der Waals surface area (Å²) in [6.07, 6.45) is 2.75.